The maximum absolute atomic E-state index is 11.6. The summed E-state index contributed by atoms with van der Waals surface area (Å²) in [7, 11) is 0. The first-order chi connectivity index (χ1) is 14.3. The molecule has 1 aromatic heterocycles. The number of aromatic nitrogens is 2. The minimum atomic E-state index is -1.09. The van der Waals surface area contributed by atoms with Gasteiger partial charge in [0.15, 0.2) is 5.16 Å². The number of hydrogen-bond donors (Lipinski definition) is 3. The molecule has 0 saturated heterocycles. The molecule has 3 rings (SSSR count). The number of thioether (sulfide) groups is 1. The van der Waals surface area contributed by atoms with E-state index in [1.54, 1.807) is 12.1 Å². The van der Waals surface area contributed by atoms with E-state index in [1.165, 1.54) is 30.8 Å². The summed E-state index contributed by atoms with van der Waals surface area (Å²) in [5, 5.41) is 16.4. The van der Waals surface area contributed by atoms with Gasteiger partial charge in [-0.15, -0.1) is 0 Å². The van der Waals surface area contributed by atoms with Gasteiger partial charge >= 0.3 is 5.97 Å². The van der Waals surface area contributed by atoms with Gasteiger partial charge in [-0.2, -0.15) is 0 Å². The molecule has 0 spiro atoms. The SMILES string of the molecule is CC(=O)Nc1ccc(C(=O)O)c(Nc2cc(C)nc(SCc3ccccc3Cl)n2)c1. The van der Waals surface area contributed by atoms with Crippen LogP contribution in [0.3, 0.4) is 0 Å². The fourth-order valence-electron chi connectivity index (χ4n) is 2.68. The summed E-state index contributed by atoms with van der Waals surface area (Å²) in [6.07, 6.45) is 0. The third-order valence-electron chi connectivity index (χ3n) is 3.98. The molecule has 0 atom stereocenters. The first kappa shape index (κ1) is 21.6. The topological polar surface area (TPSA) is 104 Å². The number of carboxylic acid groups (broad SMARTS) is 1. The Morgan fingerprint density at radius 1 is 1.13 bits per heavy atom. The number of carboxylic acids is 1. The van der Waals surface area contributed by atoms with E-state index in [2.05, 4.69) is 20.6 Å². The Balaban J connectivity index is 1.85. The number of halogens is 1. The second kappa shape index (κ2) is 9.60. The van der Waals surface area contributed by atoms with E-state index in [0.717, 1.165) is 11.3 Å². The van der Waals surface area contributed by atoms with Crippen LogP contribution >= 0.6 is 23.4 Å². The Morgan fingerprint density at radius 2 is 1.90 bits per heavy atom. The molecule has 3 aromatic rings. The van der Waals surface area contributed by atoms with Crippen molar-refractivity contribution in [2.24, 2.45) is 0 Å². The number of hydrogen-bond acceptors (Lipinski definition) is 6. The fourth-order valence-corrected chi connectivity index (χ4v) is 3.87. The summed E-state index contributed by atoms with van der Waals surface area (Å²) in [6.45, 7) is 3.22. The van der Waals surface area contributed by atoms with Crippen LogP contribution in [0.5, 0.6) is 0 Å². The van der Waals surface area contributed by atoms with Gasteiger partial charge < -0.3 is 15.7 Å². The van der Waals surface area contributed by atoms with E-state index in [4.69, 9.17) is 11.6 Å². The average molecular weight is 443 g/mol. The number of carbonyl (C=O) groups is 2. The largest absolute Gasteiger partial charge is 0.478 e. The quantitative estimate of drug-likeness (QED) is 0.344. The second-order valence-electron chi connectivity index (χ2n) is 6.43. The lowest BCUT2D eigenvalue weighted by Gasteiger charge is -2.13. The molecule has 3 N–H and O–H groups in total. The van der Waals surface area contributed by atoms with Crippen molar-refractivity contribution in [2.45, 2.75) is 24.8 Å². The average Bonchev–Trinajstić information content (AvgIpc) is 2.66. The van der Waals surface area contributed by atoms with Crippen LogP contribution in [0.25, 0.3) is 0 Å². The van der Waals surface area contributed by atoms with Gasteiger partial charge in [0, 0.05) is 35.1 Å². The van der Waals surface area contributed by atoms with E-state index in [0.29, 0.717) is 33.1 Å². The lowest BCUT2D eigenvalue weighted by Crippen LogP contribution is -2.09. The molecule has 7 nitrogen and oxygen atoms in total. The molecule has 0 aliphatic carbocycles. The van der Waals surface area contributed by atoms with Crippen LogP contribution in [0, 0.1) is 6.92 Å². The Hall–Kier alpha value is -3.10. The Kier molecular flexibility index (Phi) is 6.91. The number of amides is 1. The zero-order chi connectivity index (χ0) is 21.7. The minimum Gasteiger partial charge on any atom is -0.478 e. The standard InChI is InChI=1S/C21H19ClN4O3S/c1-12-9-19(26-21(23-12)30-11-14-5-3-4-6-17(14)22)25-18-10-15(24-13(2)27)7-8-16(18)20(28)29/h3-10H,11H2,1-2H3,(H,24,27)(H,28,29)(H,23,25,26). The van der Waals surface area contributed by atoms with Gasteiger partial charge in [-0.3, -0.25) is 4.79 Å². The summed E-state index contributed by atoms with van der Waals surface area (Å²) in [5.74, 6) is -0.293. The molecule has 30 heavy (non-hydrogen) atoms. The fraction of sp³-hybridized carbons (Fsp3) is 0.143. The zero-order valence-corrected chi connectivity index (χ0v) is 17.8. The molecule has 0 saturated carbocycles. The molecular weight excluding hydrogens is 424 g/mol. The van der Waals surface area contributed by atoms with E-state index < -0.39 is 5.97 Å². The number of aromatic carboxylic acids is 1. The number of nitrogens with one attached hydrogen (secondary N) is 2. The Morgan fingerprint density at radius 3 is 2.60 bits per heavy atom. The molecule has 0 bridgehead atoms. The van der Waals surface area contributed by atoms with Crippen molar-refractivity contribution < 1.29 is 14.7 Å². The predicted molar refractivity (Wildman–Crippen MR) is 119 cm³/mol. The molecule has 0 unspecified atom stereocenters. The van der Waals surface area contributed by atoms with Crippen molar-refractivity contribution in [1.29, 1.82) is 0 Å². The van der Waals surface area contributed by atoms with E-state index in [9.17, 15) is 14.7 Å². The van der Waals surface area contributed by atoms with Crippen LogP contribution < -0.4 is 10.6 Å². The molecule has 0 aliphatic heterocycles. The van der Waals surface area contributed by atoms with Crippen molar-refractivity contribution in [3.8, 4) is 0 Å². The highest BCUT2D eigenvalue weighted by atomic mass is 35.5. The van der Waals surface area contributed by atoms with Gasteiger partial charge in [0.05, 0.1) is 11.3 Å². The van der Waals surface area contributed by atoms with Gasteiger partial charge in [0.2, 0.25) is 5.91 Å². The van der Waals surface area contributed by atoms with E-state index >= 15 is 0 Å². The smallest absolute Gasteiger partial charge is 0.337 e. The molecule has 1 amide bonds. The summed E-state index contributed by atoms with van der Waals surface area (Å²) in [4.78, 5) is 31.8. The summed E-state index contributed by atoms with van der Waals surface area (Å²) in [6, 6.07) is 13.8. The maximum atomic E-state index is 11.6. The van der Waals surface area contributed by atoms with Crippen LogP contribution in [0.2, 0.25) is 5.02 Å². The summed E-state index contributed by atoms with van der Waals surface area (Å²) < 4.78 is 0. The zero-order valence-electron chi connectivity index (χ0n) is 16.3. The Labute approximate surface area is 182 Å². The van der Waals surface area contributed by atoms with Crippen LogP contribution in [-0.2, 0) is 10.5 Å². The lowest BCUT2D eigenvalue weighted by molar-refractivity contribution is -0.114. The van der Waals surface area contributed by atoms with E-state index in [1.807, 2.05) is 31.2 Å². The molecule has 9 heteroatoms. The van der Waals surface area contributed by atoms with Gasteiger partial charge in [-0.1, -0.05) is 41.6 Å². The number of aryl methyl sites for hydroxylation is 1. The van der Waals surface area contributed by atoms with E-state index in [-0.39, 0.29) is 11.5 Å². The monoisotopic (exact) mass is 442 g/mol. The molecule has 2 aromatic carbocycles. The van der Waals surface area contributed by atoms with Crippen molar-refractivity contribution in [1.82, 2.24) is 9.97 Å². The van der Waals surface area contributed by atoms with Gasteiger partial charge in [-0.05, 0) is 36.8 Å². The first-order valence-corrected chi connectivity index (χ1v) is 10.3. The number of benzene rings is 2. The maximum Gasteiger partial charge on any atom is 0.337 e. The molecular formula is C21H19ClN4O3S. The molecule has 0 fully saturated rings. The minimum absolute atomic E-state index is 0.0608. The normalized spacial score (nSPS) is 10.5. The summed E-state index contributed by atoms with van der Waals surface area (Å²) in [5.41, 5.74) is 2.55. The van der Waals surface area contributed by atoms with Crippen LogP contribution in [0.4, 0.5) is 17.2 Å². The van der Waals surface area contributed by atoms with Crippen LogP contribution in [0.1, 0.15) is 28.5 Å². The number of carbonyl (C=O) groups excluding carboxylic acids is 1. The van der Waals surface area contributed by atoms with Crippen molar-refractivity contribution >= 4 is 52.4 Å². The highest BCUT2D eigenvalue weighted by Gasteiger charge is 2.13. The van der Waals surface area contributed by atoms with Crippen molar-refractivity contribution in [2.75, 3.05) is 10.6 Å². The molecule has 154 valence electrons. The van der Waals surface area contributed by atoms with Crippen molar-refractivity contribution in [3.63, 3.8) is 0 Å². The number of anilines is 3. The third-order valence-corrected chi connectivity index (χ3v) is 5.25. The second-order valence-corrected chi connectivity index (χ2v) is 7.78. The lowest BCUT2D eigenvalue weighted by atomic mass is 10.1. The van der Waals surface area contributed by atoms with Crippen LogP contribution in [-0.4, -0.2) is 27.0 Å². The van der Waals surface area contributed by atoms with Gasteiger partial charge in [0.25, 0.3) is 0 Å². The van der Waals surface area contributed by atoms with Gasteiger partial charge in [0.1, 0.15) is 5.82 Å². The van der Waals surface area contributed by atoms with Crippen molar-refractivity contribution in [3.05, 3.63) is 70.4 Å². The summed E-state index contributed by atoms with van der Waals surface area (Å²) >= 11 is 7.63. The Bertz CT molecular complexity index is 1110. The number of rotatable bonds is 7. The number of nitrogens with zero attached hydrogens (tertiary/aromatic N) is 2. The third kappa shape index (κ3) is 5.71. The first-order valence-electron chi connectivity index (χ1n) is 8.95. The van der Waals surface area contributed by atoms with Gasteiger partial charge in [-0.25, -0.2) is 14.8 Å². The highest BCUT2D eigenvalue weighted by Crippen LogP contribution is 2.28. The predicted octanol–water partition coefficient (Wildman–Crippen LogP) is 5.13. The highest BCUT2D eigenvalue weighted by molar-refractivity contribution is 7.98. The molecule has 1 heterocycles. The van der Waals surface area contributed by atoms with Crippen LogP contribution in [0.15, 0.2) is 53.7 Å². The molecule has 0 aliphatic rings. The molecule has 0 radical (unpaired) electrons.